The fraction of sp³-hybridized carbons (Fsp3) is 0.118. The van der Waals surface area contributed by atoms with Gasteiger partial charge in [-0.05, 0) is 42.8 Å². The molecule has 0 spiro atoms. The van der Waals surface area contributed by atoms with Gasteiger partial charge in [0, 0.05) is 5.56 Å². The van der Waals surface area contributed by atoms with Gasteiger partial charge >= 0.3 is 0 Å². The molecule has 3 N–H and O–H groups in total. The van der Waals surface area contributed by atoms with Crippen molar-refractivity contribution in [1.29, 1.82) is 0 Å². The van der Waals surface area contributed by atoms with Crippen LogP contribution in [0.25, 0.3) is 10.2 Å². The summed E-state index contributed by atoms with van der Waals surface area (Å²) in [6.07, 6.45) is 1.45. The first-order valence-corrected chi connectivity index (χ1v) is 9.16. The number of carbonyl (C=O) groups is 1. The second kappa shape index (κ2) is 7.90. The first kappa shape index (κ1) is 18.4. The average molecular weight is 409 g/mol. The molecule has 0 saturated carbocycles. The predicted molar refractivity (Wildman–Crippen MR) is 107 cm³/mol. The summed E-state index contributed by atoms with van der Waals surface area (Å²) in [4.78, 5) is 16.4. The van der Waals surface area contributed by atoms with Crippen molar-refractivity contribution in [2.24, 2.45) is 5.10 Å². The molecular formula is C17H14Cl2N4O2S. The maximum atomic E-state index is 12.2. The second-order valence-electron chi connectivity index (χ2n) is 5.18. The fourth-order valence-electron chi connectivity index (χ4n) is 2.25. The number of aromatic nitrogens is 1. The summed E-state index contributed by atoms with van der Waals surface area (Å²) in [5.41, 5.74) is 9.98. The molecule has 6 nitrogen and oxygen atoms in total. The van der Waals surface area contributed by atoms with Gasteiger partial charge in [-0.1, -0.05) is 34.5 Å². The van der Waals surface area contributed by atoms with Crippen LogP contribution < -0.4 is 15.9 Å². The minimum atomic E-state index is -0.349. The van der Waals surface area contributed by atoms with Crippen molar-refractivity contribution in [3.05, 3.63) is 51.5 Å². The van der Waals surface area contributed by atoms with Crippen molar-refractivity contribution in [2.45, 2.75) is 6.92 Å². The number of nitrogen functional groups attached to an aromatic ring is 1. The summed E-state index contributed by atoms with van der Waals surface area (Å²) in [5, 5.41) is 5.15. The van der Waals surface area contributed by atoms with Gasteiger partial charge in [-0.25, -0.2) is 10.4 Å². The van der Waals surface area contributed by atoms with Gasteiger partial charge in [0.05, 0.1) is 33.1 Å². The molecule has 3 rings (SSSR count). The maximum Gasteiger partial charge on any atom is 0.271 e. The van der Waals surface area contributed by atoms with E-state index in [2.05, 4.69) is 15.5 Å². The molecule has 134 valence electrons. The monoisotopic (exact) mass is 408 g/mol. The molecule has 9 heteroatoms. The zero-order valence-corrected chi connectivity index (χ0v) is 16.0. The fourth-order valence-corrected chi connectivity index (χ4v) is 3.64. The van der Waals surface area contributed by atoms with Crippen molar-refractivity contribution in [2.75, 3.05) is 12.3 Å². The van der Waals surface area contributed by atoms with E-state index >= 15 is 0 Å². The standard InChI is InChI=1S/C17H14Cl2N4O2S/c1-2-25-15-11(18)5-9(6-12(15)19)8-21-23-16(24)10-3-4-13-14(7-10)26-17(20)22-13/h3-8H,2H2,1H3,(H2,20,22)(H,23,24)/b21-8-. The Balaban J connectivity index is 1.72. The molecule has 3 aromatic rings. The number of nitrogens with two attached hydrogens (primary N) is 1. The third kappa shape index (κ3) is 4.07. The summed E-state index contributed by atoms with van der Waals surface area (Å²) < 4.78 is 6.21. The molecule has 0 fully saturated rings. The van der Waals surface area contributed by atoms with Crippen LogP contribution in [0.2, 0.25) is 10.0 Å². The summed E-state index contributed by atoms with van der Waals surface area (Å²) in [6.45, 7) is 2.30. The second-order valence-corrected chi connectivity index (χ2v) is 7.06. The van der Waals surface area contributed by atoms with Gasteiger partial charge in [0.2, 0.25) is 0 Å². The Hall–Kier alpha value is -2.35. The minimum absolute atomic E-state index is 0.349. The van der Waals surface area contributed by atoms with E-state index in [1.54, 1.807) is 30.3 Å². The highest BCUT2D eigenvalue weighted by Gasteiger charge is 2.10. The van der Waals surface area contributed by atoms with Gasteiger partial charge < -0.3 is 10.5 Å². The molecule has 0 atom stereocenters. The van der Waals surface area contributed by atoms with Crippen LogP contribution in [0.5, 0.6) is 5.75 Å². The Labute approximate surface area is 163 Å². The van der Waals surface area contributed by atoms with Crippen LogP contribution >= 0.6 is 34.5 Å². The Morgan fingerprint density at radius 1 is 1.35 bits per heavy atom. The Morgan fingerprint density at radius 3 is 2.77 bits per heavy atom. The normalized spacial score (nSPS) is 11.2. The molecule has 0 aliphatic rings. The number of nitrogens with one attached hydrogen (secondary N) is 1. The van der Waals surface area contributed by atoms with E-state index in [4.69, 9.17) is 33.7 Å². The number of benzene rings is 2. The number of hydrogen-bond acceptors (Lipinski definition) is 6. The molecular weight excluding hydrogens is 395 g/mol. The summed E-state index contributed by atoms with van der Waals surface area (Å²) in [6, 6.07) is 8.43. The van der Waals surface area contributed by atoms with Crippen LogP contribution in [0, 0.1) is 0 Å². The van der Waals surface area contributed by atoms with Crippen LogP contribution in [0.1, 0.15) is 22.8 Å². The third-order valence-electron chi connectivity index (χ3n) is 3.36. The number of anilines is 1. The SMILES string of the molecule is CCOc1c(Cl)cc(/C=N\NC(=O)c2ccc3nc(N)sc3c2)cc1Cl. The Bertz CT molecular complexity index is 981. The number of hydrogen-bond donors (Lipinski definition) is 2. The number of halogens is 2. The van der Waals surface area contributed by atoms with Gasteiger partial charge in [-0.3, -0.25) is 4.79 Å². The number of ether oxygens (including phenoxy) is 1. The maximum absolute atomic E-state index is 12.2. The van der Waals surface area contributed by atoms with Crippen molar-refractivity contribution >= 4 is 62.0 Å². The predicted octanol–water partition coefficient (Wildman–Crippen LogP) is 4.35. The van der Waals surface area contributed by atoms with E-state index in [-0.39, 0.29) is 5.91 Å². The largest absolute Gasteiger partial charge is 0.491 e. The van der Waals surface area contributed by atoms with Crippen molar-refractivity contribution in [3.63, 3.8) is 0 Å². The van der Waals surface area contributed by atoms with Crippen molar-refractivity contribution in [1.82, 2.24) is 10.4 Å². The van der Waals surface area contributed by atoms with Gasteiger partial charge in [0.15, 0.2) is 10.9 Å². The van der Waals surface area contributed by atoms with Crippen molar-refractivity contribution < 1.29 is 9.53 Å². The highest BCUT2D eigenvalue weighted by Crippen LogP contribution is 2.33. The van der Waals surface area contributed by atoms with E-state index in [9.17, 15) is 4.79 Å². The van der Waals surface area contributed by atoms with E-state index in [1.165, 1.54) is 17.6 Å². The highest BCUT2D eigenvalue weighted by atomic mass is 35.5. The molecule has 0 aliphatic carbocycles. The lowest BCUT2D eigenvalue weighted by Gasteiger charge is -2.08. The molecule has 0 unspecified atom stereocenters. The summed E-state index contributed by atoms with van der Waals surface area (Å²) >= 11 is 13.6. The number of hydrazone groups is 1. The molecule has 1 aromatic heterocycles. The zero-order valence-electron chi connectivity index (χ0n) is 13.6. The quantitative estimate of drug-likeness (QED) is 0.484. The minimum Gasteiger partial charge on any atom is -0.491 e. The molecule has 1 heterocycles. The molecule has 0 saturated heterocycles. The molecule has 0 aliphatic heterocycles. The lowest BCUT2D eigenvalue weighted by molar-refractivity contribution is 0.0955. The van der Waals surface area contributed by atoms with Crippen molar-refractivity contribution in [3.8, 4) is 5.75 Å². The zero-order chi connectivity index (χ0) is 18.7. The number of rotatable bonds is 5. The van der Waals surface area contributed by atoms with E-state index in [0.717, 1.165) is 10.2 Å². The highest BCUT2D eigenvalue weighted by molar-refractivity contribution is 7.22. The topological polar surface area (TPSA) is 89.6 Å². The first-order chi connectivity index (χ1) is 12.5. The average Bonchev–Trinajstić information content (AvgIpc) is 2.97. The first-order valence-electron chi connectivity index (χ1n) is 7.59. The molecule has 26 heavy (non-hydrogen) atoms. The Kier molecular flexibility index (Phi) is 5.61. The van der Waals surface area contributed by atoms with Crippen LogP contribution in [0.15, 0.2) is 35.4 Å². The molecule has 2 aromatic carbocycles. The summed E-state index contributed by atoms with van der Waals surface area (Å²) in [5.74, 6) is 0.0763. The third-order valence-corrected chi connectivity index (χ3v) is 4.77. The van der Waals surface area contributed by atoms with Crippen LogP contribution in [-0.2, 0) is 0 Å². The van der Waals surface area contributed by atoms with Crippen LogP contribution in [0.3, 0.4) is 0 Å². The molecule has 0 radical (unpaired) electrons. The Morgan fingerprint density at radius 2 is 2.08 bits per heavy atom. The van der Waals surface area contributed by atoms with E-state index in [1.807, 2.05) is 6.92 Å². The van der Waals surface area contributed by atoms with Gasteiger partial charge in [0.1, 0.15) is 0 Å². The summed E-state index contributed by atoms with van der Waals surface area (Å²) in [7, 11) is 0. The number of fused-ring (bicyclic) bond motifs is 1. The van der Waals surface area contributed by atoms with E-state index in [0.29, 0.717) is 38.7 Å². The number of thiazole rings is 1. The number of amides is 1. The molecule has 1 amide bonds. The van der Waals surface area contributed by atoms with Crippen LogP contribution in [-0.4, -0.2) is 23.7 Å². The number of nitrogens with zero attached hydrogens (tertiary/aromatic N) is 2. The lowest BCUT2D eigenvalue weighted by atomic mass is 10.2. The smallest absolute Gasteiger partial charge is 0.271 e. The van der Waals surface area contributed by atoms with Gasteiger partial charge in [-0.2, -0.15) is 5.10 Å². The van der Waals surface area contributed by atoms with E-state index < -0.39 is 0 Å². The lowest BCUT2D eigenvalue weighted by Crippen LogP contribution is -2.17. The molecule has 0 bridgehead atoms. The van der Waals surface area contributed by atoms with Crippen LogP contribution in [0.4, 0.5) is 5.13 Å². The van der Waals surface area contributed by atoms with Gasteiger partial charge in [0.25, 0.3) is 5.91 Å². The number of carbonyl (C=O) groups excluding carboxylic acids is 1. The van der Waals surface area contributed by atoms with Gasteiger partial charge in [-0.15, -0.1) is 0 Å².